The van der Waals surface area contributed by atoms with Crippen LogP contribution in [-0.2, 0) is 0 Å². The van der Waals surface area contributed by atoms with Crippen molar-refractivity contribution in [3.05, 3.63) is 0 Å². The van der Waals surface area contributed by atoms with Crippen LogP contribution in [0.1, 0.15) is 33.6 Å². The predicted molar refractivity (Wildman–Crippen MR) is 59.0 cm³/mol. The van der Waals surface area contributed by atoms with E-state index in [4.69, 9.17) is 0 Å². The molecule has 0 aromatic heterocycles. The molecule has 0 rings (SSSR count). The first kappa shape index (κ1) is 12.1. The summed E-state index contributed by atoms with van der Waals surface area (Å²) in [6.07, 6.45) is 2.75. The zero-order valence-electron chi connectivity index (χ0n) is 8.82. The molecule has 1 atom stereocenters. The Morgan fingerprint density at radius 3 is 2.42 bits per heavy atom. The van der Waals surface area contributed by atoms with Gasteiger partial charge in [0, 0.05) is 6.67 Å². The molecule has 0 bridgehead atoms. The largest absolute Gasteiger partial charge is 0.328 e. The highest BCUT2D eigenvalue weighted by atomic mass is 28.3. The van der Waals surface area contributed by atoms with Crippen molar-refractivity contribution in [3.63, 3.8) is 0 Å². The van der Waals surface area contributed by atoms with Crippen molar-refractivity contribution in [2.45, 2.75) is 45.7 Å². The highest BCUT2D eigenvalue weighted by Gasteiger charge is 2.05. The second-order valence-corrected chi connectivity index (χ2v) is 6.43. The Labute approximate surface area is 78.8 Å². The van der Waals surface area contributed by atoms with Gasteiger partial charge in [-0.05, 0) is 18.6 Å². The monoisotopic (exact) mass is 188 g/mol. The van der Waals surface area contributed by atoms with Crippen LogP contribution in [0.25, 0.3) is 0 Å². The molecular weight excluding hydrogens is 164 g/mol. The van der Waals surface area contributed by atoms with E-state index in [1.165, 1.54) is 24.9 Å². The van der Waals surface area contributed by atoms with Crippen molar-refractivity contribution in [3.8, 4) is 0 Å². The molecule has 0 aromatic rings. The number of unbranched alkanes of at least 4 members (excludes halogenated alkanes) is 1. The Kier molecular flexibility index (Phi) is 9.33. The lowest BCUT2D eigenvalue weighted by molar-refractivity contribution is 0.692. The normalized spacial score (nSPS) is 13.2. The quantitative estimate of drug-likeness (QED) is 0.344. The van der Waals surface area contributed by atoms with E-state index in [0.717, 1.165) is 13.2 Å². The zero-order valence-corrected chi connectivity index (χ0v) is 9.97. The average molecular weight is 188 g/mol. The molecule has 0 aliphatic rings. The van der Waals surface area contributed by atoms with Gasteiger partial charge < -0.3 is 10.3 Å². The molecule has 0 amide bonds. The van der Waals surface area contributed by atoms with Crippen LogP contribution in [0.5, 0.6) is 0 Å². The molecule has 0 radical (unpaired) electrons. The van der Waals surface area contributed by atoms with Crippen LogP contribution in [0.2, 0.25) is 12.1 Å². The molecule has 0 aliphatic heterocycles. The smallest absolute Gasteiger partial charge is 0.109 e. The van der Waals surface area contributed by atoms with Gasteiger partial charge in [-0.25, -0.2) is 0 Å². The first-order chi connectivity index (χ1) is 5.85. The highest BCUT2D eigenvalue weighted by Crippen LogP contribution is 2.01. The summed E-state index contributed by atoms with van der Waals surface area (Å²) in [4.78, 5) is 3.63. The van der Waals surface area contributed by atoms with Gasteiger partial charge in [0.05, 0.1) is 0 Å². The van der Waals surface area contributed by atoms with Crippen LogP contribution >= 0.6 is 0 Å². The summed E-state index contributed by atoms with van der Waals surface area (Å²) in [5, 5.41) is 3.31. The molecular formula is C9H24N2Si. The third-order valence-electron chi connectivity index (χ3n) is 2.16. The third kappa shape index (κ3) is 6.82. The molecule has 0 saturated carbocycles. The fourth-order valence-electron chi connectivity index (χ4n) is 1.24. The van der Waals surface area contributed by atoms with E-state index in [1.807, 2.05) is 0 Å². The molecule has 0 fully saturated rings. The van der Waals surface area contributed by atoms with E-state index < -0.39 is 8.96 Å². The number of hydrogen-bond donors (Lipinski definition) is 2. The predicted octanol–water partition coefficient (Wildman–Crippen LogP) is 1.69. The van der Waals surface area contributed by atoms with Crippen LogP contribution in [-0.4, -0.2) is 22.2 Å². The third-order valence-corrected chi connectivity index (χ3v) is 5.04. The van der Waals surface area contributed by atoms with E-state index in [0.29, 0.717) is 0 Å². The summed E-state index contributed by atoms with van der Waals surface area (Å²) in [5.41, 5.74) is 0. The van der Waals surface area contributed by atoms with Crippen LogP contribution in [0.15, 0.2) is 0 Å². The van der Waals surface area contributed by atoms with E-state index in [1.54, 1.807) is 0 Å². The second kappa shape index (κ2) is 9.23. The number of hydrogen-bond acceptors (Lipinski definition) is 2. The Balaban J connectivity index is 3.26. The molecule has 74 valence electrons. The van der Waals surface area contributed by atoms with Gasteiger partial charge in [-0.2, -0.15) is 0 Å². The van der Waals surface area contributed by atoms with Gasteiger partial charge in [0.1, 0.15) is 8.96 Å². The minimum absolute atomic E-state index is 0.575. The Morgan fingerprint density at radius 2 is 1.92 bits per heavy atom. The van der Waals surface area contributed by atoms with Crippen molar-refractivity contribution >= 4 is 8.96 Å². The lowest BCUT2D eigenvalue weighted by Crippen LogP contribution is -2.39. The van der Waals surface area contributed by atoms with E-state index in [-0.39, 0.29) is 0 Å². The van der Waals surface area contributed by atoms with Crippen LogP contribution in [0.4, 0.5) is 0 Å². The standard InChI is InChI=1S/C9H24N2Si/c1-4-7-8-12(6-3)11-9-10-5-2/h10-12H,4-9H2,1-3H3. The minimum atomic E-state index is -0.575. The van der Waals surface area contributed by atoms with E-state index in [2.05, 4.69) is 31.1 Å². The molecule has 0 spiro atoms. The fraction of sp³-hybridized carbons (Fsp3) is 1.00. The van der Waals surface area contributed by atoms with Crippen LogP contribution in [0, 0.1) is 0 Å². The minimum Gasteiger partial charge on any atom is -0.328 e. The molecule has 12 heavy (non-hydrogen) atoms. The maximum atomic E-state index is 3.63. The summed E-state index contributed by atoms with van der Waals surface area (Å²) in [5.74, 6) is 0. The Hall–Kier alpha value is 0.137. The Morgan fingerprint density at radius 1 is 1.17 bits per heavy atom. The first-order valence-corrected chi connectivity index (χ1v) is 7.50. The first-order valence-electron chi connectivity index (χ1n) is 5.29. The van der Waals surface area contributed by atoms with Gasteiger partial charge in [-0.1, -0.05) is 33.6 Å². The summed E-state index contributed by atoms with van der Waals surface area (Å²) in [6.45, 7) is 8.82. The van der Waals surface area contributed by atoms with Crippen molar-refractivity contribution in [1.29, 1.82) is 0 Å². The molecule has 2 N–H and O–H groups in total. The van der Waals surface area contributed by atoms with Gasteiger partial charge in [0.15, 0.2) is 0 Å². The van der Waals surface area contributed by atoms with Crippen molar-refractivity contribution in [1.82, 2.24) is 10.3 Å². The average Bonchev–Trinajstić information content (AvgIpc) is 2.11. The summed E-state index contributed by atoms with van der Waals surface area (Å²) in [6, 6.07) is 2.84. The van der Waals surface area contributed by atoms with Gasteiger partial charge in [0.2, 0.25) is 0 Å². The molecule has 2 nitrogen and oxygen atoms in total. The fourth-order valence-corrected chi connectivity index (χ4v) is 3.48. The molecule has 1 unspecified atom stereocenters. The number of nitrogens with one attached hydrogen (secondary N) is 2. The molecule has 0 heterocycles. The van der Waals surface area contributed by atoms with Gasteiger partial charge >= 0.3 is 0 Å². The second-order valence-electron chi connectivity index (χ2n) is 3.23. The highest BCUT2D eigenvalue weighted by molar-refractivity contribution is 6.55. The lowest BCUT2D eigenvalue weighted by Gasteiger charge is -2.14. The topological polar surface area (TPSA) is 24.1 Å². The van der Waals surface area contributed by atoms with Gasteiger partial charge in [0.25, 0.3) is 0 Å². The Bertz CT molecular complexity index is 88.6. The number of rotatable bonds is 8. The molecule has 0 aliphatic carbocycles. The molecule has 3 heteroatoms. The zero-order chi connectivity index (χ0) is 9.23. The summed E-state index contributed by atoms with van der Waals surface area (Å²) in [7, 11) is -0.575. The lowest BCUT2D eigenvalue weighted by atomic mass is 10.4. The molecule has 0 aromatic carbocycles. The van der Waals surface area contributed by atoms with Crippen molar-refractivity contribution in [2.75, 3.05) is 13.2 Å². The molecule has 0 saturated heterocycles. The van der Waals surface area contributed by atoms with Crippen molar-refractivity contribution < 1.29 is 0 Å². The maximum Gasteiger partial charge on any atom is 0.109 e. The maximum absolute atomic E-state index is 3.63. The van der Waals surface area contributed by atoms with Crippen LogP contribution in [0.3, 0.4) is 0 Å². The van der Waals surface area contributed by atoms with E-state index >= 15 is 0 Å². The van der Waals surface area contributed by atoms with E-state index in [9.17, 15) is 0 Å². The SMILES string of the molecule is CCCC[SiH](CC)NCNCC. The van der Waals surface area contributed by atoms with Gasteiger partial charge in [-0.3, -0.25) is 0 Å². The van der Waals surface area contributed by atoms with Gasteiger partial charge in [-0.15, -0.1) is 0 Å². The summed E-state index contributed by atoms with van der Waals surface area (Å²) >= 11 is 0. The summed E-state index contributed by atoms with van der Waals surface area (Å²) < 4.78 is 0. The van der Waals surface area contributed by atoms with Crippen molar-refractivity contribution in [2.24, 2.45) is 0 Å². The van der Waals surface area contributed by atoms with Crippen LogP contribution < -0.4 is 10.3 Å².